The molecule has 7 atom stereocenters. The van der Waals surface area contributed by atoms with Crippen LogP contribution in [0.5, 0.6) is 11.5 Å². The molecule has 476 valence electrons. The third kappa shape index (κ3) is 16.4. The molecule has 0 aromatic heterocycles. The number of anilines is 2. The van der Waals surface area contributed by atoms with Crippen molar-refractivity contribution in [3.05, 3.63) is 82.9 Å². The number of nitrogens with two attached hydrogens (primary N) is 3. The third-order valence-corrected chi connectivity index (χ3v) is 16.6. The molecular weight excluding hydrogens is 1180 g/mol. The lowest BCUT2D eigenvalue weighted by Crippen LogP contribution is -2.57. The Bertz CT molecular complexity index is 3160. The monoisotopic (exact) mass is 1260 g/mol. The Kier molecular flexibility index (Phi) is 23.0. The number of esters is 1. The van der Waals surface area contributed by atoms with Gasteiger partial charge in [-0.3, -0.25) is 43.5 Å². The van der Waals surface area contributed by atoms with Crippen LogP contribution in [-0.2, 0) is 48.6 Å². The fraction of sp³-hybridized carbons (Fsp3) is 0.508. The van der Waals surface area contributed by atoms with E-state index in [1.165, 1.54) is 21.3 Å². The summed E-state index contributed by atoms with van der Waals surface area (Å²) >= 11 is 5.07. The molecule has 4 heterocycles. The first-order chi connectivity index (χ1) is 41.8. The van der Waals surface area contributed by atoms with E-state index in [1.807, 2.05) is 0 Å². The van der Waals surface area contributed by atoms with Crippen LogP contribution in [0.25, 0.3) is 0 Å². The molecule has 7 rings (SSSR count). The summed E-state index contributed by atoms with van der Waals surface area (Å²) in [6.45, 7) is 12.9. The largest absolute Gasteiger partial charge is 0.456 e. The van der Waals surface area contributed by atoms with E-state index < -0.39 is 107 Å². The van der Waals surface area contributed by atoms with Crippen LogP contribution in [0, 0.1) is 11.3 Å². The molecule has 1 spiro atoms. The number of carbonyl (C=O) groups is 9. The van der Waals surface area contributed by atoms with Crippen molar-refractivity contribution in [2.45, 2.75) is 160 Å². The highest BCUT2D eigenvalue weighted by Gasteiger charge is 2.54. The standard InChI is InChI=1S/C59H80N14O13S2/c1-8-40(69-57(81)83-32(4)5)54(80)88-73-28-14-20-44(73)51(77)68-42(18-12-27-72(87)56(62)63)49(75)66-35-22-24-39-46(30-35)85-45-29-34(21-23-38(45)59(39)37-16-10-9-15-36(37)53(79)86-59)65-48(74)41(17-11-25-64-55(60)61)67-50(76)43-19-13-26-71(43)52(78)47(31(2)3)70-58(82)84-33(6)7/h9-10,15-16,21-24,29-33,40-44,47,87H,8,11-14,17-20,25-28H2,1-7H3,(H3,62,63)(H,65,74)(H,66,75)(H,67,76)(H,68,77)(H,69,81)(H,70,82)(H4,60,61,64)/t40?,41-,42-,43-,44-,47?,59?/m0/s1. The summed E-state index contributed by atoms with van der Waals surface area (Å²) in [7, 11) is 0. The number of carbonyl (C=O) groups excluding carboxylic acids is 9. The zero-order chi connectivity index (χ0) is 64.1. The molecule has 3 aromatic carbocycles. The number of nitrogens with zero attached hydrogens (tertiary/aromatic N) is 4. The first-order valence-electron chi connectivity index (χ1n) is 29.4. The van der Waals surface area contributed by atoms with Crippen LogP contribution in [0.2, 0.25) is 0 Å². The molecule has 0 radical (unpaired) electrons. The van der Waals surface area contributed by atoms with Gasteiger partial charge in [0.25, 0.3) is 0 Å². The van der Waals surface area contributed by atoms with Gasteiger partial charge in [0.05, 0.1) is 23.8 Å². The molecule has 4 aliphatic heterocycles. The van der Waals surface area contributed by atoms with Crippen molar-refractivity contribution in [3.63, 3.8) is 0 Å². The maximum absolute atomic E-state index is 14.5. The highest BCUT2D eigenvalue weighted by Crippen LogP contribution is 2.57. The Labute approximate surface area is 520 Å². The van der Waals surface area contributed by atoms with Crippen LogP contribution in [-0.4, -0.2) is 153 Å². The van der Waals surface area contributed by atoms with Crippen molar-refractivity contribution in [2.24, 2.45) is 28.1 Å². The smallest absolute Gasteiger partial charge is 0.408 e. The predicted octanol–water partition coefficient (Wildman–Crippen LogP) is 4.68. The van der Waals surface area contributed by atoms with Gasteiger partial charge in [0, 0.05) is 66.4 Å². The molecule has 27 nitrogen and oxygen atoms in total. The molecule has 2 fully saturated rings. The SMILES string of the molecule is CCC(NC(=O)OC(C)C)C(=O)SN1CCC[C@H]1C(=O)N[C@@H](CCCN(S)C(=N)N)C(=O)Nc1ccc2c(c1)Oc1cc(NC(=O)[C@H](CCCN=C(N)N)NC(=O)[C@@H]3CCCN3C(=O)C(NC(=O)OC(C)C)C(C)C)ccc1C21OC(=O)c2ccccc21. The minimum Gasteiger partial charge on any atom is -0.456 e. The Hall–Kier alpha value is -8.31. The van der Waals surface area contributed by atoms with E-state index >= 15 is 0 Å². The molecule has 0 saturated carbocycles. The number of rotatable bonds is 25. The van der Waals surface area contributed by atoms with Gasteiger partial charge >= 0.3 is 18.2 Å². The number of thiol groups is 1. The van der Waals surface area contributed by atoms with E-state index in [2.05, 4.69) is 49.7 Å². The number of ether oxygens (including phenoxy) is 4. The highest BCUT2D eigenvalue weighted by molar-refractivity contribution is 8.11. The normalized spacial score (nSPS) is 18.7. The molecule has 4 aliphatic rings. The molecule has 0 bridgehead atoms. The molecular formula is C59H80N14O13S2. The summed E-state index contributed by atoms with van der Waals surface area (Å²) in [5.74, 6) is -4.00. The van der Waals surface area contributed by atoms with E-state index in [0.29, 0.717) is 54.5 Å². The summed E-state index contributed by atoms with van der Waals surface area (Å²) in [6, 6.07) is 10.4. The molecule has 3 unspecified atom stereocenters. The van der Waals surface area contributed by atoms with Gasteiger partial charge in [-0.1, -0.05) is 51.8 Å². The summed E-state index contributed by atoms with van der Waals surface area (Å²) in [5.41, 5.74) is 17.3. The lowest BCUT2D eigenvalue weighted by Gasteiger charge is -2.37. The van der Waals surface area contributed by atoms with Crippen molar-refractivity contribution in [1.82, 2.24) is 34.8 Å². The van der Waals surface area contributed by atoms with Crippen molar-refractivity contribution in [3.8, 4) is 11.5 Å². The number of aliphatic imine (C=N–C) groups is 1. The molecule has 7 amide bonds. The summed E-state index contributed by atoms with van der Waals surface area (Å²) in [5, 5.41) is 24.1. The molecule has 2 saturated heterocycles. The maximum atomic E-state index is 14.5. The Morgan fingerprint density at radius 3 is 1.88 bits per heavy atom. The first kappa shape index (κ1) is 67.2. The topological polar surface area (TPSA) is 387 Å². The predicted molar refractivity (Wildman–Crippen MR) is 332 cm³/mol. The van der Waals surface area contributed by atoms with Gasteiger partial charge < -0.3 is 72.9 Å². The summed E-state index contributed by atoms with van der Waals surface area (Å²) in [4.78, 5) is 129. The number of guanidine groups is 2. The first-order valence-corrected chi connectivity index (χ1v) is 30.6. The Morgan fingerprint density at radius 1 is 0.750 bits per heavy atom. The Balaban J connectivity index is 1.13. The Morgan fingerprint density at radius 2 is 1.31 bits per heavy atom. The zero-order valence-electron chi connectivity index (χ0n) is 50.3. The summed E-state index contributed by atoms with van der Waals surface area (Å²) < 4.78 is 26.2. The van der Waals surface area contributed by atoms with E-state index in [4.69, 9.17) is 41.6 Å². The fourth-order valence-electron chi connectivity index (χ4n) is 10.8. The fourth-order valence-corrected chi connectivity index (χ4v) is 12.1. The van der Waals surface area contributed by atoms with Crippen LogP contribution in [0.1, 0.15) is 133 Å². The lowest BCUT2D eigenvalue weighted by atomic mass is 9.77. The van der Waals surface area contributed by atoms with Crippen LogP contribution >= 0.6 is 24.8 Å². The number of nitrogens with one attached hydrogen (secondary N) is 7. The van der Waals surface area contributed by atoms with Crippen molar-refractivity contribution in [1.29, 1.82) is 5.41 Å². The number of hydrogen-bond acceptors (Lipinski definition) is 18. The van der Waals surface area contributed by atoms with E-state index in [9.17, 15) is 43.2 Å². The lowest BCUT2D eigenvalue weighted by molar-refractivity contribution is -0.141. The number of benzene rings is 3. The number of amides is 7. The number of likely N-dealkylation sites (tertiary alicyclic amines) is 1. The number of alkyl carbamates (subject to hydrolysis) is 2. The second-order valence-electron chi connectivity index (χ2n) is 22.6. The quantitative estimate of drug-likeness (QED) is 0.0104. The van der Waals surface area contributed by atoms with Gasteiger partial charge in [0.1, 0.15) is 41.7 Å². The number of fused-ring (bicyclic) bond motifs is 6. The highest BCUT2D eigenvalue weighted by atomic mass is 32.2. The van der Waals surface area contributed by atoms with Crippen molar-refractivity contribution in [2.75, 3.05) is 36.8 Å². The van der Waals surface area contributed by atoms with Crippen LogP contribution in [0.4, 0.5) is 21.0 Å². The van der Waals surface area contributed by atoms with Gasteiger partial charge in [0.15, 0.2) is 17.5 Å². The molecule has 13 N–H and O–H groups in total. The number of hydrogen-bond donors (Lipinski definition) is 11. The van der Waals surface area contributed by atoms with Gasteiger partial charge in [-0.25, -0.2) is 18.7 Å². The minimum absolute atomic E-state index is 0.0631. The summed E-state index contributed by atoms with van der Waals surface area (Å²) in [6.07, 6.45) is 0.285. The van der Waals surface area contributed by atoms with E-state index in [1.54, 1.807) is 101 Å². The third-order valence-electron chi connectivity index (χ3n) is 15.0. The molecule has 29 heteroatoms. The van der Waals surface area contributed by atoms with Crippen molar-refractivity contribution >= 4 is 101 Å². The van der Waals surface area contributed by atoms with E-state index in [-0.39, 0.29) is 92.4 Å². The van der Waals surface area contributed by atoms with E-state index in [0.717, 1.165) is 11.9 Å². The maximum Gasteiger partial charge on any atom is 0.408 e. The second-order valence-corrected chi connectivity index (χ2v) is 24.2. The van der Waals surface area contributed by atoms with Crippen molar-refractivity contribution < 1.29 is 62.1 Å². The van der Waals surface area contributed by atoms with Gasteiger partial charge in [0.2, 0.25) is 34.7 Å². The minimum atomic E-state index is -1.59. The van der Waals surface area contributed by atoms with Gasteiger partial charge in [-0.2, -0.15) is 0 Å². The second kappa shape index (κ2) is 30.1. The molecule has 3 aromatic rings. The van der Waals surface area contributed by atoms with Gasteiger partial charge in [-0.15, -0.1) is 0 Å². The molecule has 88 heavy (non-hydrogen) atoms. The van der Waals surface area contributed by atoms with Crippen LogP contribution in [0.15, 0.2) is 65.7 Å². The molecule has 0 aliphatic carbocycles. The van der Waals surface area contributed by atoms with Gasteiger partial charge in [-0.05, 0) is 134 Å². The van der Waals surface area contributed by atoms with Crippen LogP contribution < -0.4 is 53.8 Å². The average molecular weight is 1260 g/mol. The average Bonchev–Trinajstić information content (AvgIpc) is 1.40. The van der Waals surface area contributed by atoms with Crippen LogP contribution in [0.3, 0.4) is 0 Å². The zero-order valence-corrected chi connectivity index (χ0v) is 52.1.